The molecule has 0 aliphatic heterocycles. The molecule has 3 aromatic rings. The molecule has 0 fully saturated rings. The largest absolute Gasteiger partial charge is 0.492 e. The van der Waals surface area contributed by atoms with Crippen molar-refractivity contribution in [3.63, 3.8) is 0 Å². The minimum Gasteiger partial charge on any atom is -0.492 e. The van der Waals surface area contributed by atoms with E-state index in [4.69, 9.17) is 10.5 Å². The summed E-state index contributed by atoms with van der Waals surface area (Å²) in [5.41, 5.74) is 8.11. The van der Waals surface area contributed by atoms with E-state index in [9.17, 15) is 9.18 Å². The fourth-order valence-corrected chi connectivity index (χ4v) is 2.55. The lowest BCUT2D eigenvalue weighted by Crippen LogP contribution is -2.13. The molecule has 3 rings (SSSR count). The zero-order valence-electron chi connectivity index (χ0n) is 14.3. The Hall–Kier alpha value is -3.19. The smallest absolute Gasteiger partial charge is 0.255 e. The van der Waals surface area contributed by atoms with Gasteiger partial charge in [0, 0.05) is 36.6 Å². The van der Waals surface area contributed by atoms with Crippen LogP contribution in [-0.2, 0) is 7.05 Å². The molecule has 0 atom stereocenters. The van der Waals surface area contributed by atoms with Gasteiger partial charge in [-0.3, -0.25) is 9.48 Å². The highest BCUT2D eigenvalue weighted by Crippen LogP contribution is 2.32. The summed E-state index contributed by atoms with van der Waals surface area (Å²) in [5, 5.41) is 6.99. The quantitative estimate of drug-likeness (QED) is 0.713. The summed E-state index contributed by atoms with van der Waals surface area (Å²) in [5.74, 6) is -0.0585. The van der Waals surface area contributed by atoms with E-state index in [0.717, 1.165) is 11.3 Å². The number of aromatic nitrogens is 2. The van der Waals surface area contributed by atoms with Crippen molar-refractivity contribution in [2.75, 3.05) is 18.5 Å². The zero-order valence-corrected chi connectivity index (χ0v) is 14.3. The summed E-state index contributed by atoms with van der Waals surface area (Å²) in [4.78, 5) is 12.3. The molecule has 0 aliphatic carbocycles. The Morgan fingerprint density at radius 1 is 1.23 bits per heavy atom. The highest BCUT2D eigenvalue weighted by molar-refractivity contribution is 6.04. The van der Waals surface area contributed by atoms with Crippen molar-refractivity contribution in [3.05, 3.63) is 66.1 Å². The lowest BCUT2D eigenvalue weighted by molar-refractivity contribution is 0.102. The first kappa shape index (κ1) is 17.6. The van der Waals surface area contributed by atoms with Crippen LogP contribution in [0.4, 0.5) is 10.1 Å². The molecule has 1 aromatic heterocycles. The van der Waals surface area contributed by atoms with E-state index in [1.54, 1.807) is 23.0 Å². The van der Waals surface area contributed by atoms with Crippen molar-refractivity contribution in [1.29, 1.82) is 0 Å². The number of rotatable bonds is 6. The van der Waals surface area contributed by atoms with Crippen LogP contribution in [0, 0.1) is 5.82 Å². The average Bonchev–Trinajstić information content (AvgIpc) is 3.07. The number of carbonyl (C=O) groups is 1. The number of carbonyl (C=O) groups excluding carboxylic acids is 1. The summed E-state index contributed by atoms with van der Waals surface area (Å²) in [6.07, 6.45) is 1.69. The van der Waals surface area contributed by atoms with Crippen molar-refractivity contribution in [1.82, 2.24) is 9.78 Å². The number of hydrogen-bond donors (Lipinski definition) is 2. The van der Waals surface area contributed by atoms with Crippen LogP contribution in [0.3, 0.4) is 0 Å². The number of ether oxygens (including phenoxy) is 1. The Bertz CT molecular complexity index is 906. The van der Waals surface area contributed by atoms with E-state index in [-0.39, 0.29) is 11.7 Å². The van der Waals surface area contributed by atoms with Gasteiger partial charge in [0.1, 0.15) is 18.2 Å². The topological polar surface area (TPSA) is 82.2 Å². The number of nitrogens with one attached hydrogen (secondary N) is 1. The Morgan fingerprint density at radius 3 is 2.65 bits per heavy atom. The molecule has 0 aliphatic rings. The molecule has 0 saturated heterocycles. The molecule has 0 saturated carbocycles. The van der Waals surface area contributed by atoms with Crippen LogP contribution in [0.5, 0.6) is 5.75 Å². The third-order valence-electron chi connectivity index (χ3n) is 3.82. The lowest BCUT2D eigenvalue weighted by atomic mass is 10.1. The van der Waals surface area contributed by atoms with E-state index in [1.807, 2.05) is 19.2 Å². The first-order valence-electron chi connectivity index (χ1n) is 8.10. The van der Waals surface area contributed by atoms with Gasteiger partial charge in [-0.2, -0.15) is 5.10 Å². The van der Waals surface area contributed by atoms with E-state index >= 15 is 0 Å². The van der Waals surface area contributed by atoms with Crippen LogP contribution in [0.15, 0.2) is 54.7 Å². The minimum absolute atomic E-state index is 0.323. The van der Waals surface area contributed by atoms with Crippen molar-refractivity contribution >= 4 is 11.6 Å². The zero-order chi connectivity index (χ0) is 18.5. The molecule has 1 heterocycles. The van der Waals surface area contributed by atoms with Crippen LogP contribution in [0.2, 0.25) is 0 Å². The third-order valence-corrected chi connectivity index (χ3v) is 3.82. The highest BCUT2D eigenvalue weighted by atomic mass is 19.1. The average molecular weight is 354 g/mol. The van der Waals surface area contributed by atoms with Crippen LogP contribution in [-0.4, -0.2) is 28.8 Å². The maximum absolute atomic E-state index is 13.0. The minimum atomic E-state index is -0.388. The maximum atomic E-state index is 13.0. The standard InChI is InChI=1S/C19H19FN4O2/c1-24-17(8-10-22-24)16-12-15(6-7-18(16)26-11-9-21)23-19(25)13-2-4-14(20)5-3-13/h2-8,10,12H,9,11,21H2,1H3,(H,23,25). The van der Waals surface area contributed by atoms with Crippen molar-refractivity contribution in [3.8, 4) is 17.0 Å². The van der Waals surface area contributed by atoms with Crippen LogP contribution < -0.4 is 15.8 Å². The van der Waals surface area contributed by atoms with E-state index in [2.05, 4.69) is 10.4 Å². The molecule has 0 unspecified atom stereocenters. The number of hydrogen-bond acceptors (Lipinski definition) is 4. The Kier molecular flexibility index (Phi) is 5.28. The fourth-order valence-electron chi connectivity index (χ4n) is 2.55. The van der Waals surface area contributed by atoms with Gasteiger partial charge < -0.3 is 15.8 Å². The molecule has 0 bridgehead atoms. The predicted octanol–water partition coefficient (Wildman–Crippen LogP) is 2.82. The molecule has 2 aromatic carbocycles. The number of amides is 1. The maximum Gasteiger partial charge on any atom is 0.255 e. The van der Waals surface area contributed by atoms with E-state index < -0.39 is 0 Å². The molecule has 6 nitrogen and oxygen atoms in total. The predicted molar refractivity (Wildman–Crippen MR) is 97.5 cm³/mol. The SMILES string of the molecule is Cn1nccc1-c1cc(NC(=O)c2ccc(F)cc2)ccc1OCCN. The second kappa shape index (κ2) is 7.79. The molecule has 0 radical (unpaired) electrons. The van der Waals surface area contributed by atoms with Gasteiger partial charge in [-0.15, -0.1) is 0 Å². The summed E-state index contributed by atoms with van der Waals surface area (Å²) in [7, 11) is 1.83. The fraction of sp³-hybridized carbons (Fsp3) is 0.158. The second-order valence-electron chi connectivity index (χ2n) is 5.65. The summed E-state index contributed by atoms with van der Waals surface area (Å²) in [6, 6.07) is 12.6. The first-order chi connectivity index (χ1) is 12.6. The van der Waals surface area contributed by atoms with Gasteiger partial charge >= 0.3 is 0 Å². The number of nitrogens with zero attached hydrogens (tertiary/aromatic N) is 2. The normalized spacial score (nSPS) is 10.6. The molecular formula is C19H19FN4O2. The summed E-state index contributed by atoms with van der Waals surface area (Å²) < 4.78 is 20.4. The third kappa shape index (κ3) is 3.89. The lowest BCUT2D eigenvalue weighted by Gasteiger charge is -2.14. The van der Waals surface area contributed by atoms with Crippen molar-refractivity contribution in [2.24, 2.45) is 12.8 Å². The van der Waals surface area contributed by atoms with E-state index in [1.165, 1.54) is 24.3 Å². The monoisotopic (exact) mass is 354 g/mol. The van der Waals surface area contributed by atoms with Crippen molar-refractivity contribution < 1.29 is 13.9 Å². The van der Waals surface area contributed by atoms with E-state index in [0.29, 0.717) is 30.2 Å². The van der Waals surface area contributed by atoms with Gasteiger partial charge in [-0.25, -0.2) is 4.39 Å². The van der Waals surface area contributed by atoms with Gasteiger partial charge in [0.25, 0.3) is 5.91 Å². The van der Waals surface area contributed by atoms with Gasteiger partial charge in [0.15, 0.2) is 0 Å². The number of benzene rings is 2. The van der Waals surface area contributed by atoms with Crippen LogP contribution in [0.25, 0.3) is 11.3 Å². The highest BCUT2D eigenvalue weighted by Gasteiger charge is 2.13. The van der Waals surface area contributed by atoms with Gasteiger partial charge in [0.05, 0.1) is 5.69 Å². The van der Waals surface area contributed by atoms with Gasteiger partial charge in [0.2, 0.25) is 0 Å². The Balaban J connectivity index is 1.89. The summed E-state index contributed by atoms with van der Waals surface area (Å²) in [6.45, 7) is 0.778. The van der Waals surface area contributed by atoms with Gasteiger partial charge in [-0.1, -0.05) is 0 Å². The van der Waals surface area contributed by atoms with Gasteiger partial charge in [-0.05, 0) is 48.5 Å². The second-order valence-corrected chi connectivity index (χ2v) is 5.65. The summed E-state index contributed by atoms with van der Waals surface area (Å²) >= 11 is 0. The molecule has 134 valence electrons. The molecule has 7 heteroatoms. The number of aryl methyl sites for hydroxylation is 1. The van der Waals surface area contributed by atoms with Crippen LogP contribution >= 0.6 is 0 Å². The number of anilines is 1. The number of halogens is 1. The van der Waals surface area contributed by atoms with Crippen molar-refractivity contribution in [2.45, 2.75) is 0 Å². The van der Waals surface area contributed by atoms with Crippen LogP contribution in [0.1, 0.15) is 10.4 Å². The Labute approximate surface area is 150 Å². The molecule has 0 spiro atoms. The number of nitrogens with two attached hydrogens (primary N) is 1. The Morgan fingerprint density at radius 2 is 2.00 bits per heavy atom. The molecular weight excluding hydrogens is 335 g/mol. The molecule has 1 amide bonds. The molecule has 3 N–H and O–H groups in total. The molecule has 26 heavy (non-hydrogen) atoms. The first-order valence-corrected chi connectivity index (χ1v) is 8.10.